The van der Waals surface area contributed by atoms with Crippen LogP contribution >= 0.6 is 0 Å². The minimum atomic E-state index is -1.08. The zero-order chi connectivity index (χ0) is 12.4. The molecule has 0 saturated carbocycles. The molecule has 2 aromatic heterocycles. The Balaban J connectivity index is 2.55. The molecular formula is C12H10N2O3. The van der Waals surface area contributed by atoms with Gasteiger partial charge in [0, 0.05) is 18.0 Å². The van der Waals surface area contributed by atoms with Crippen molar-refractivity contribution in [1.29, 1.82) is 0 Å². The Morgan fingerprint density at radius 3 is 2.71 bits per heavy atom. The van der Waals surface area contributed by atoms with Gasteiger partial charge in [-0.2, -0.15) is 0 Å². The van der Waals surface area contributed by atoms with Crippen LogP contribution < -0.4 is 0 Å². The average molecular weight is 230 g/mol. The van der Waals surface area contributed by atoms with Gasteiger partial charge < -0.3 is 10.2 Å². The monoisotopic (exact) mass is 230 g/mol. The lowest BCUT2D eigenvalue weighted by Crippen LogP contribution is -2.01. The lowest BCUT2D eigenvalue weighted by atomic mass is 10.1. The predicted molar refractivity (Wildman–Crippen MR) is 60.8 cm³/mol. The van der Waals surface area contributed by atoms with Crippen LogP contribution in [0, 0.1) is 6.92 Å². The first kappa shape index (κ1) is 11.1. The molecule has 2 heterocycles. The van der Waals surface area contributed by atoms with Crippen LogP contribution in [0.1, 0.15) is 16.1 Å². The van der Waals surface area contributed by atoms with Crippen molar-refractivity contribution in [1.82, 2.24) is 9.97 Å². The standard InChI is InChI=1S/C12H10N2O3/c1-7-5-9(12(16)17)14-6-8(7)11-10(15)3-2-4-13-11/h2-6,15H,1H3,(H,16,17). The molecule has 5 heteroatoms. The number of carboxylic acids is 1. The molecule has 17 heavy (non-hydrogen) atoms. The number of carboxylic acid groups (broad SMARTS) is 1. The van der Waals surface area contributed by atoms with Gasteiger partial charge in [-0.15, -0.1) is 0 Å². The largest absolute Gasteiger partial charge is 0.506 e. The molecule has 2 N–H and O–H groups in total. The molecule has 2 rings (SSSR count). The van der Waals surface area contributed by atoms with E-state index in [9.17, 15) is 9.90 Å². The number of rotatable bonds is 2. The van der Waals surface area contributed by atoms with Crippen LogP contribution in [0.25, 0.3) is 11.3 Å². The number of aromatic hydroxyl groups is 1. The minimum Gasteiger partial charge on any atom is -0.506 e. The molecule has 0 atom stereocenters. The van der Waals surface area contributed by atoms with Crippen molar-refractivity contribution in [3.8, 4) is 17.0 Å². The highest BCUT2D eigenvalue weighted by Crippen LogP contribution is 2.28. The van der Waals surface area contributed by atoms with Crippen molar-refractivity contribution in [2.45, 2.75) is 6.92 Å². The summed E-state index contributed by atoms with van der Waals surface area (Å²) in [7, 11) is 0. The smallest absolute Gasteiger partial charge is 0.354 e. The molecule has 0 bridgehead atoms. The second kappa shape index (κ2) is 4.21. The van der Waals surface area contributed by atoms with E-state index in [1.54, 1.807) is 19.2 Å². The van der Waals surface area contributed by atoms with Crippen LogP contribution in [-0.4, -0.2) is 26.2 Å². The zero-order valence-electron chi connectivity index (χ0n) is 9.08. The Morgan fingerprint density at radius 1 is 1.35 bits per heavy atom. The predicted octanol–water partition coefficient (Wildman–Crippen LogP) is 1.86. The summed E-state index contributed by atoms with van der Waals surface area (Å²) in [5.74, 6) is -1.04. The molecular weight excluding hydrogens is 220 g/mol. The second-order valence-corrected chi connectivity index (χ2v) is 3.56. The number of carbonyl (C=O) groups is 1. The molecule has 0 aliphatic rings. The van der Waals surface area contributed by atoms with Gasteiger partial charge in [0.05, 0.1) is 0 Å². The lowest BCUT2D eigenvalue weighted by Gasteiger charge is -2.06. The third-order valence-corrected chi connectivity index (χ3v) is 2.37. The Hall–Kier alpha value is -2.43. The van der Waals surface area contributed by atoms with Gasteiger partial charge in [-0.3, -0.25) is 4.98 Å². The molecule has 0 aromatic carbocycles. The van der Waals surface area contributed by atoms with E-state index in [0.29, 0.717) is 16.8 Å². The number of nitrogens with zero attached hydrogens (tertiary/aromatic N) is 2. The summed E-state index contributed by atoms with van der Waals surface area (Å²) in [5.41, 5.74) is 1.69. The number of aromatic nitrogens is 2. The number of aryl methyl sites for hydroxylation is 1. The van der Waals surface area contributed by atoms with Gasteiger partial charge in [0.1, 0.15) is 17.1 Å². The minimum absolute atomic E-state index is 0.0262. The van der Waals surface area contributed by atoms with E-state index in [1.165, 1.54) is 18.3 Å². The number of aromatic carboxylic acids is 1. The fourth-order valence-electron chi connectivity index (χ4n) is 1.53. The van der Waals surface area contributed by atoms with Crippen LogP contribution in [0.4, 0.5) is 0 Å². The molecule has 0 amide bonds. The fourth-order valence-corrected chi connectivity index (χ4v) is 1.53. The first-order chi connectivity index (χ1) is 8.09. The van der Waals surface area contributed by atoms with E-state index in [2.05, 4.69) is 9.97 Å². The van der Waals surface area contributed by atoms with E-state index in [-0.39, 0.29) is 11.4 Å². The highest BCUT2D eigenvalue weighted by molar-refractivity contribution is 5.86. The lowest BCUT2D eigenvalue weighted by molar-refractivity contribution is 0.0690. The summed E-state index contributed by atoms with van der Waals surface area (Å²) in [5, 5.41) is 18.5. The normalized spacial score (nSPS) is 10.2. The van der Waals surface area contributed by atoms with Crippen molar-refractivity contribution in [3.05, 3.63) is 41.9 Å². The van der Waals surface area contributed by atoms with Crippen molar-refractivity contribution >= 4 is 5.97 Å². The molecule has 2 aromatic rings. The molecule has 0 aliphatic carbocycles. The number of hydrogen-bond donors (Lipinski definition) is 2. The van der Waals surface area contributed by atoms with E-state index >= 15 is 0 Å². The van der Waals surface area contributed by atoms with Crippen LogP contribution in [0.5, 0.6) is 5.75 Å². The summed E-state index contributed by atoms with van der Waals surface area (Å²) in [4.78, 5) is 18.6. The number of pyridine rings is 2. The summed E-state index contributed by atoms with van der Waals surface area (Å²) in [6.45, 7) is 1.75. The van der Waals surface area contributed by atoms with Gasteiger partial charge >= 0.3 is 5.97 Å². The SMILES string of the molecule is Cc1cc(C(=O)O)ncc1-c1ncccc1O. The van der Waals surface area contributed by atoms with E-state index in [1.807, 2.05) is 0 Å². The van der Waals surface area contributed by atoms with Gasteiger partial charge in [-0.05, 0) is 30.7 Å². The molecule has 0 saturated heterocycles. The van der Waals surface area contributed by atoms with E-state index in [0.717, 1.165) is 0 Å². The molecule has 0 aliphatic heterocycles. The Morgan fingerprint density at radius 2 is 2.12 bits per heavy atom. The van der Waals surface area contributed by atoms with Crippen LogP contribution in [0.2, 0.25) is 0 Å². The van der Waals surface area contributed by atoms with Crippen molar-refractivity contribution < 1.29 is 15.0 Å². The van der Waals surface area contributed by atoms with Gasteiger partial charge in [0.25, 0.3) is 0 Å². The van der Waals surface area contributed by atoms with Crippen molar-refractivity contribution in [3.63, 3.8) is 0 Å². The maximum Gasteiger partial charge on any atom is 0.354 e. The maximum absolute atomic E-state index is 10.7. The van der Waals surface area contributed by atoms with E-state index < -0.39 is 5.97 Å². The van der Waals surface area contributed by atoms with Crippen molar-refractivity contribution in [2.75, 3.05) is 0 Å². The van der Waals surface area contributed by atoms with Gasteiger partial charge in [0.15, 0.2) is 0 Å². The van der Waals surface area contributed by atoms with Crippen LogP contribution in [-0.2, 0) is 0 Å². The van der Waals surface area contributed by atoms with Crippen molar-refractivity contribution in [2.24, 2.45) is 0 Å². The number of hydrogen-bond acceptors (Lipinski definition) is 4. The average Bonchev–Trinajstić information content (AvgIpc) is 2.30. The first-order valence-corrected chi connectivity index (χ1v) is 4.94. The molecule has 86 valence electrons. The highest BCUT2D eigenvalue weighted by atomic mass is 16.4. The third kappa shape index (κ3) is 2.08. The second-order valence-electron chi connectivity index (χ2n) is 3.56. The summed E-state index contributed by atoms with van der Waals surface area (Å²) < 4.78 is 0. The first-order valence-electron chi connectivity index (χ1n) is 4.94. The summed E-state index contributed by atoms with van der Waals surface area (Å²) in [6.07, 6.45) is 2.96. The van der Waals surface area contributed by atoms with Gasteiger partial charge in [-0.1, -0.05) is 0 Å². The quantitative estimate of drug-likeness (QED) is 0.822. The third-order valence-electron chi connectivity index (χ3n) is 2.37. The fraction of sp³-hybridized carbons (Fsp3) is 0.0833. The van der Waals surface area contributed by atoms with E-state index in [4.69, 9.17) is 5.11 Å². The molecule has 0 fully saturated rings. The summed E-state index contributed by atoms with van der Waals surface area (Å²) in [6, 6.07) is 4.59. The summed E-state index contributed by atoms with van der Waals surface area (Å²) >= 11 is 0. The maximum atomic E-state index is 10.7. The van der Waals surface area contributed by atoms with Gasteiger partial charge in [-0.25, -0.2) is 9.78 Å². The Kier molecular flexibility index (Phi) is 2.74. The zero-order valence-corrected chi connectivity index (χ0v) is 9.08. The topological polar surface area (TPSA) is 83.3 Å². The Bertz CT molecular complexity index is 582. The van der Waals surface area contributed by atoms with Gasteiger partial charge in [0.2, 0.25) is 0 Å². The van der Waals surface area contributed by atoms with Crippen LogP contribution in [0.3, 0.4) is 0 Å². The van der Waals surface area contributed by atoms with Crippen LogP contribution in [0.15, 0.2) is 30.6 Å². The highest BCUT2D eigenvalue weighted by Gasteiger charge is 2.11. The molecule has 0 unspecified atom stereocenters. The molecule has 5 nitrogen and oxygen atoms in total. The Labute approximate surface area is 97.4 Å². The molecule has 0 radical (unpaired) electrons. The molecule has 0 spiro atoms.